The third-order valence-corrected chi connectivity index (χ3v) is 2.46. The number of nitrogens with zero attached hydrogens (tertiary/aromatic N) is 2. The van der Waals surface area contributed by atoms with Crippen LogP contribution in [-0.4, -0.2) is 27.9 Å². The van der Waals surface area contributed by atoms with Crippen molar-refractivity contribution < 1.29 is 9.84 Å². The molecule has 0 aliphatic heterocycles. The molecule has 0 aliphatic rings. The van der Waals surface area contributed by atoms with Crippen molar-refractivity contribution in [2.45, 2.75) is 6.42 Å². The molecule has 0 amide bonds. The summed E-state index contributed by atoms with van der Waals surface area (Å²) in [6.45, 7) is 0.555. The smallest absolute Gasteiger partial charge is 0.260 e. The fraction of sp³-hybridized carbons (Fsp3) is 0.333. The summed E-state index contributed by atoms with van der Waals surface area (Å²) in [5, 5.41) is 9.22. The normalized spacial score (nSPS) is 10.7. The molecule has 0 bridgehead atoms. The summed E-state index contributed by atoms with van der Waals surface area (Å²) in [5.74, 6) is 0.659. The third-order valence-electron chi connectivity index (χ3n) is 2.46. The molecule has 0 radical (unpaired) electrons. The Morgan fingerprint density at radius 1 is 1.47 bits per heavy atom. The maximum absolute atomic E-state index is 11.7. The molecule has 1 N–H and O–H groups in total. The van der Waals surface area contributed by atoms with Gasteiger partial charge in [0.05, 0.1) is 23.8 Å². The number of ether oxygens (including phenoxy) is 1. The maximum atomic E-state index is 11.7. The average molecular weight is 234 g/mol. The Hall–Kier alpha value is -1.88. The largest absolute Gasteiger partial charge is 0.493 e. The minimum atomic E-state index is -0.0723. The lowest BCUT2D eigenvalue weighted by Gasteiger charge is -2.06. The van der Waals surface area contributed by atoms with E-state index in [2.05, 4.69) is 4.98 Å². The Balaban J connectivity index is 2.32. The van der Waals surface area contributed by atoms with E-state index < -0.39 is 0 Å². The molecule has 0 aliphatic carbocycles. The van der Waals surface area contributed by atoms with Crippen LogP contribution in [0.4, 0.5) is 0 Å². The highest BCUT2D eigenvalue weighted by atomic mass is 16.5. The van der Waals surface area contributed by atoms with Gasteiger partial charge >= 0.3 is 0 Å². The second kappa shape index (κ2) is 4.97. The summed E-state index contributed by atoms with van der Waals surface area (Å²) in [6.07, 6.45) is 2.07. The predicted molar refractivity (Wildman–Crippen MR) is 64.2 cm³/mol. The molecule has 0 atom stereocenters. The lowest BCUT2D eigenvalue weighted by Crippen LogP contribution is -2.16. The molecule has 17 heavy (non-hydrogen) atoms. The van der Waals surface area contributed by atoms with Crippen LogP contribution in [0.15, 0.2) is 29.3 Å². The molecule has 1 aromatic heterocycles. The van der Waals surface area contributed by atoms with Crippen LogP contribution in [0.25, 0.3) is 10.9 Å². The highest BCUT2D eigenvalue weighted by Crippen LogP contribution is 2.16. The number of fused-ring (bicyclic) bond motifs is 1. The van der Waals surface area contributed by atoms with E-state index in [1.54, 1.807) is 25.2 Å². The van der Waals surface area contributed by atoms with Gasteiger partial charge in [-0.2, -0.15) is 0 Å². The minimum absolute atomic E-state index is 0.0723. The summed E-state index contributed by atoms with van der Waals surface area (Å²) in [5.41, 5.74) is 0.548. The number of aliphatic hydroxyl groups is 1. The fourth-order valence-electron chi connectivity index (χ4n) is 1.53. The summed E-state index contributed by atoms with van der Waals surface area (Å²) < 4.78 is 6.85. The van der Waals surface area contributed by atoms with E-state index in [-0.39, 0.29) is 12.2 Å². The monoisotopic (exact) mass is 234 g/mol. The summed E-state index contributed by atoms with van der Waals surface area (Å²) in [7, 11) is 1.67. The third kappa shape index (κ3) is 2.45. The lowest BCUT2D eigenvalue weighted by molar-refractivity contribution is 0.233. The molecular weight excluding hydrogens is 220 g/mol. The Bertz CT molecular complexity index is 577. The number of aliphatic hydroxyl groups excluding tert-OH is 1. The zero-order chi connectivity index (χ0) is 12.3. The molecule has 5 nitrogen and oxygen atoms in total. The van der Waals surface area contributed by atoms with Gasteiger partial charge in [-0.15, -0.1) is 0 Å². The van der Waals surface area contributed by atoms with E-state index in [1.807, 2.05) is 0 Å². The molecule has 5 heteroatoms. The topological polar surface area (TPSA) is 64.3 Å². The first kappa shape index (κ1) is 11.6. The molecule has 2 rings (SSSR count). The molecule has 1 aromatic carbocycles. The first-order valence-electron chi connectivity index (χ1n) is 5.41. The van der Waals surface area contributed by atoms with Crippen LogP contribution in [0, 0.1) is 0 Å². The van der Waals surface area contributed by atoms with Crippen LogP contribution < -0.4 is 10.3 Å². The van der Waals surface area contributed by atoms with E-state index in [9.17, 15) is 4.79 Å². The van der Waals surface area contributed by atoms with Crippen LogP contribution in [0.1, 0.15) is 6.42 Å². The van der Waals surface area contributed by atoms with E-state index in [0.717, 1.165) is 0 Å². The van der Waals surface area contributed by atoms with Gasteiger partial charge in [-0.05, 0) is 12.1 Å². The van der Waals surface area contributed by atoms with Crippen molar-refractivity contribution in [3.8, 4) is 5.75 Å². The van der Waals surface area contributed by atoms with Gasteiger partial charge in [0.2, 0.25) is 0 Å². The molecule has 90 valence electrons. The maximum Gasteiger partial charge on any atom is 0.260 e. The van der Waals surface area contributed by atoms with Crippen molar-refractivity contribution in [3.05, 3.63) is 34.9 Å². The second-order valence-corrected chi connectivity index (χ2v) is 3.77. The summed E-state index contributed by atoms with van der Waals surface area (Å²) in [4.78, 5) is 15.9. The van der Waals surface area contributed by atoms with E-state index in [0.29, 0.717) is 29.7 Å². The quantitative estimate of drug-likeness (QED) is 0.791. The van der Waals surface area contributed by atoms with E-state index >= 15 is 0 Å². The van der Waals surface area contributed by atoms with Gasteiger partial charge in [0.25, 0.3) is 5.56 Å². The molecular formula is C12H14N2O3. The van der Waals surface area contributed by atoms with Crippen LogP contribution in [0.5, 0.6) is 5.75 Å². The number of aryl methyl sites for hydroxylation is 1. The average Bonchev–Trinajstić information content (AvgIpc) is 2.34. The van der Waals surface area contributed by atoms with Crippen molar-refractivity contribution in [1.82, 2.24) is 9.55 Å². The molecule has 0 unspecified atom stereocenters. The van der Waals surface area contributed by atoms with Crippen LogP contribution in [0.3, 0.4) is 0 Å². The molecule has 0 saturated heterocycles. The Morgan fingerprint density at radius 3 is 3.06 bits per heavy atom. The number of aromatic nitrogens is 2. The Morgan fingerprint density at radius 2 is 2.29 bits per heavy atom. The van der Waals surface area contributed by atoms with Crippen LogP contribution in [0.2, 0.25) is 0 Å². The molecule has 0 fully saturated rings. The second-order valence-electron chi connectivity index (χ2n) is 3.77. The lowest BCUT2D eigenvalue weighted by atomic mass is 10.2. The van der Waals surface area contributed by atoms with E-state index in [4.69, 9.17) is 9.84 Å². The first-order valence-corrected chi connectivity index (χ1v) is 5.41. The minimum Gasteiger partial charge on any atom is -0.493 e. The Labute approximate surface area is 98.3 Å². The van der Waals surface area contributed by atoms with Crippen LogP contribution in [-0.2, 0) is 7.05 Å². The highest BCUT2D eigenvalue weighted by molar-refractivity contribution is 5.78. The van der Waals surface area contributed by atoms with Gasteiger partial charge in [0.15, 0.2) is 0 Å². The molecule has 0 saturated carbocycles. The number of hydrogen-bond acceptors (Lipinski definition) is 4. The van der Waals surface area contributed by atoms with Crippen LogP contribution >= 0.6 is 0 Å². The van der Waals surface area contributed by atoms with Crippen molar-refractivity contribution in [2.24, 2.45) is 7.05 Å². The van der Waals surface area contributed by atoms with Crippen molar-refractivity contribution in [3.63, 3.8) is 0 Å². The zero-order valence-electron chi connectivity index (χ0n) is 9.59. The number of benzene rings is 1. The zero-order valence-corrected chi connectivity index (χ0v) is 9.59. The first-order chi connectivity index (χ1) is 8.22. The molecule has 2 aromatic rings. The van der Waals surface area contributed by atoms with Gasteiger partial charge in [0.1, 0.15) is 5.75 Å². The van der Waals surface area contributed by atoms with Crippen molar-refractivity contribution in [1.29, 1.82) is 0 Å². The summed E-state index contributed by atoms with van der Waals surface area (Å²) >= 11 is 0. The predicted octanol–water partition coefficient (Wildman–Crippen LogP) is 0.695. The van der Waals surface area contributed by atoms with Gasteiger partial charge in [-0.3, -0.25) is 4.79 Å². The van der Waals surface area contributed by atoms with E-state index in [1.165, 1.54) is 10.9 Å². The van der Waals surface area contributed by atoms with Gasteiger partial charge < -0.3 is 14.4 Å². The van der Waals surface area contributed by atoms with Crippen molar-refractivity contribution >= 4 is 10.9 Å². The Kier molecular flexibility index (Phi) is 3.39. The number of rotatable bonds is 4. The van der Waals surface area contributed by atoms with Gasteiger partial charge in [-0.25, -0.2) is 4.98 Å². The molecule has 0 spiro atoms. The molecule has 1 heterocycles. The highest BCUT2D eigenvalue weighted by Gasteiger charge is 2.03. The summed E-state index contributed by atoms with van der Waals surface area (Å²) in [6, 6.07) is 5.18. The number of hydrogen-bond donors (Lipinski definition) is 1. The fourth-order valence-corrected chi connectivity index (χ4v) is 1.53. The van der Waals surface area contributed by atoms with Gasteiger partial charge in [-0.1, -0.05) is 0 Å². The van der Waals surface area contributed by atoms with Gasteiger partial charge in [0, 0.05) is 26.1 Å². The van der Waals surface area contributed by atoms with Crippen molar-refractivity contribution in [2.75, 3.05) is 13.2 Å². The standard InChI is InChI=1S/C12H14N2O3/c1-14-8-13-11-7-9(17-6-2-5-15)3-4-10(11)12(14)16/h3-4,7-8,15H,2,5-6H2,1H3. The SMILES string of the molecule is Cn1cnc2cc(OCCCO)ccc2c1=O.